The van der Waals surface area contributed by atoms with Crippen LogP contribution in [0.5, 0.6) is 0 Å². The van der Waals surface area contributed by atoms with Crippen molar-refractivity contribution in [2.75, 3.05) is 0 Å². The van der Waals surface area contributed by atoms with Gasteiger partial charge in [0.05, 0.1) is 0 Å². The van der Waals surface area contributed by atoms with Gasteiger partial charge in [-0.1, -0.05) is 12.1 Å². The van der Waals surface area contributed by atoms with E-state index >= 15 is 0 Å². The highest BCUT2D eigenvalue weighted by Crippen LogP contribution is 2.39. The van der Waals surface area contributed by atoms with Crippen LogP contribution in [-0.4, -0.2) is 11.0 Å². The van der Waals surface area contributed by atoms with Gasteiger partial charge in [0, 0.05) is 33.1 Å². The maximum absolute atomic E-state index is 6.11. The Morgan fingerprint density at radius 3 is 2.44 bits per heavy atom. The standard InChI is InChI=1S/C14H15BrN2S/c1-10(16)14(11-6-8-17-9-7-11)18-13-5-3-2-4-12(13)15/h2-10,14H,16H2,1H3. The number of benzene rings is 1. The number of pyridine rings is 1. The first-order valence-corrected chi connectivity index (χ1v) is 7.42. The lowest BCUT2D eigenvalue weighted by atomic mass is 10.1. The van der Waals surface area contributed by atoms with Crippen molar-refractivity contribution in [1.82, 2.24) is 4.98 Å². The van der Waals surface area contributed by atoms with E-state index in [9.17, 15) is 0 Å². The molecule has 0 aliphatic carbocycles. The zero-order chi connectivity index (χ0) is 13.0. The predicted octanol–water partition coefficient (Wildman–Crippen LogP) is 4.02. The molecular formula is C14H15BrN2S. The number of thioether (sulfide) groups is 1. The van der Waals surface area contributed by atoms with E-state index in [1.165, 1.54) is 10.5 Å². The van der Waals surface area contributed by atoms with E-state index in [4.69, 9.17) is 5.73 Å². The Morgan fingerprint density at radius 2 is 1.83 bits per heavy atom. The van der Waals surface area contributed by atoms with Crippen molar-refractivity contribution in [2.24, 2.45) is 5.73 Å². The summed E-state index contributed by atoms with van der Waals surface area (Å²) >= 11 is 5.35. The van der Waals surface area contributed by atoms with Gasteiger partial charge < -0.3 is 5.73 Å². The predicted molar refractivity (Wildman–Crippen MR) is 80.6 cm³/mol. The Balaban J connectivity index is 2.26. The van der Waals surface area contributed by atoms with E-state index in [-0.39, 0.29) is 11.3 Å². The van der Waals surface area contributed by atoms with Crippen LogP contribution in [0.25, 0.3) is 0 Å². The van der Waals surface area contributed by atoms with Crippen molar-refractivity contribution in [2.45, 2.75) is 23.1 Å². The summed E-state index contributed by atoms with van der Waals surface area (Å²) < 4.78 is 1.11. The molecule has 0 radical (unpaired) electrons. The van der Waals surface area contributed by atoms with Gasteiger partial charge in [-0.05, 0) is 52.7 Å². The smallest absolute Gasteiger partial charge is 0.0494 e. The molecule has 0 aliphatic rings. The molecule has 1 aromatic heterocycles. The number of halogens is 1. The summed E-state index contributed by atoms with van der Waals surface area (Å²) in [4.78, 5) is 5.26. The van der Waals surface area contributed by atoms with Crippen molar-refractivity contribution >= 4 is 27.7 Å². The topological polar surface area (TPSA) is 38.9 Å². The quantitative estimate of drug-likeness (QED) is 0.864. The van der Waals surface area contributed by atoms with Crippen LogP contribution in [0.15, 0.2) is 58.2 Å². The molecule has 0 bridgehead atoms. The van der Waals surface area contributed by atoms with Crippen molar-refractivity contribution in [3.8, 4) is 0 Å². The third kappa shape index (κ3) is 3.34. The summed E-state index contributed by atoms with van der Waals surface area (Å²) in [5.41, 5.74) is 7.32. The molecular weight excluding hydrogens is 308 g/mol. The van der Waals surface area contributed by atoms with Gasteiger partial charge >= 0.3 is 0 Å². The fourth-order valence-corrected chi connectivity index (χ4v) is 3.39. The van der Waals surface area contributed by atoms with Crippen molar-refractivity contribution < 1.29 is 0 Å². The second kappa shape index (κ2) is 6.36. The van der Waals surface area contributed by atoms with Crippen LogP contribution < -0.4 is 5.73 Å². The van der Waals surface area contributed by atoms with Crippen molar-refractivity contribution in [1.29, 1.82) is 0 Å². The number of aromatic nitrogens is 1. The first-order chi connectivity index (χ1) is 8.68. The molecule has 0 amide bonds. The van der Waals surface area contributed by atoms with E-state index in [0.717, 1.165) is 4.47 Å². The fraction of sp³-hybridized carbons (Fsp3) is 0.214. The van der Waals surface area contributed by atoms with Gasteiger partial charge in [-0.15, -0.1) is 11.8 Å². The minimum atomic E-state index is 0.0736. The minimum Gasteiger partial charge on any atom is -0.327 e. The average Bonchev–Trinajstić information content (AvgIpc) is 2.38. The highest BCUT2D eigenvalue weighted by atomic mass is 79.9. The van der Waals surface area contributed by atoms with E-state index in [2.05, 4.69) is 27.0 Å². The zero-order valence-corrected chi connectivity index (χ0v) is 12.5. The number of hydrogen-bond acceptors (Lipinski definition) is 3. The minimum absolute atomic E-state index is 0.0736. The summed E-state index contributed by atoms with van der Waals surface area (Å²) in [6.45, 7) is 2.04. The molecule has 2 aromatic rings. The molecule has 0 aliphatic heterocycles. The van der Waals surface area contributed by atoms with E-state index in [1.54, 1.807) is 11.8 Å². The van der Waals surface area contributed by atoms with Gasteiger partial charge in [0.1, 0.15) is 0 Å². The lowest BCUT2D eigenvalue weighted by molar-refractivity contribution is 0.720. The van der Waals surface area contributed by atoms with Gasteiger partial charge in [-0.25, -0.2) is 0 Å². The van der Waals surface area contributed by atoms with Gasteiger partial charge in [-0.3, -0.25) is 4.98 Å². The SMILES string of the molecule is CC(N)C(Sc1ccccc1Br)c1ccncc1. The lowest BCUT2D eigenvalue weighted by Gasteiger charge is -2.21. The molecule has 0 spiro atoms. The lowest BCUT2D eigenvalue weighted by Crippen LogP contribution is -2.22. The van der Waals surface area contributed by atoms with Crippen LogP contribution in [0.3, 0.4) is 0 Å². The second-order valence-corrected chi connectivity index (χ2v) is 6.15. The molecule has 18 heavy (non-hydrogen) atoms. The van der Waals surface area contributed by atoms with Gasteiger partial charge in [0.2, 0.25) is 0 Å². The third-order valence-corrected chi connectivity index (χ3v) is 5.12. The highest BCUT2D eigenvalue weighted by molar-refractivity contribution is 9.10. The summed E-state index contributed by atoms with van der Waals surface area (Å²) in [6.07, 6.45) is 3.62. The van der Waals surface area contributed by atoms with Crippen molar-refractivity contribution in [3.05, 3.63) is 58.8 Å². The van der Waals surface area contributed by atoms with Crippen LogP contribution in [0.4, 0.5) is 0 Å². The van der Waals surface area contributed by atoms with Gasteiger partial charge in [0.25, 0.3) is 0 Å². The summed E-state index contributed by atoms with van der Waals surface area (Å²) in [5, 5.41) is 0.228. The molecule has 0 saturated carbocycles. The Kier molecular flexibility index (Phi) is 4.80. The van der Waals surface area contributed by atoms with Gasteiger partial charge in [0.15, 0.2) is 0 Å². The molecule has 0 saturated heterocycles. The fourth-order valence-electron chi connectivity index (χ4n) is 1.71. The average molecular weight is 323 g/mol. The monoisotopic (exact) mass is 322 g/mol. The van der Waals surface area contributed by atoms with E-state index < -0.39 is 0 Å². The first kappa shape index (κ1) is 13.6. The molecule has 2 unspecified atom stereocenters. The summed E-state index contributed by atoms with van der Waals surface area (Å²) in [6, 6.07) is 12.3. The molecule has 2 rings (SSSR count). The summed E-state index contributed by atoms with van der Waals surface area (Å²) in [7, 11) is 0. The Morgan fingerprint density at radius 1 is 1.17 bits per heavy atom. The number of nitrogens with two attached hydrogens (primary N) is 1. The number of rotatable bonds is 4. The van der Waals surface area contributed by atoms with Crippen LogP contribution in [-0.2, 0) is 0 Å². The van der Waals surface area contributed by atoms with E-state index in [1.807, 2.05) is 49.6 Å². The zero-order valence-electron chi connectivity index (χ0n) is 10.1. The maximum Gasteiger partial charge on any atom is 0.0494 e. The van der Waals surface area contributed by atoms with E-state index in [0.29, 0.717) is 0 Å². The third-order valence-electron chi connectivity index (χ3n) is 2.60. The molecule has 0 fully saturated rings. The van der Waals surface area contributed by atoms with Crippen LogP contribution >= 0.6 is 27.7 Å². The normalized spacial score (nSPS) is 14.2. The van der Waals surface area contributed by atoms with Gasteiger partial charge in [-0.2, -0.15) is 0 Å². The molecule has 2 N–H and O–H groups in total. The number of nitrogens with zero attached hydrogens (tertiary/aromatic N) is 1. The second-order valence-electron chi connectivity index (χ2n) is 4.11. The largest absolute Gasteiger partial charge is 0.327 e. The Labute approximate surface area is 120 Å². The molecule has 94 valence electrons. The van der Waals surface area contributed by atoms with Crippen LogP contribution in [0.2, 0.25) is 0 Å². The van der Waals surface area contributed by atoms with Crippen LogP contribution in [0, 0.1) is 0 Å². The number of hydrogen-bond donors (Lipinski definition) is 1. The maximum atomic E-state index is 6.11. The van der Waals surface area contributed by atoms with Crippen molar-refractivity contribution in [3.63, 3.8) is 0 Å². The molecule has 1 aromatic carbocycles. The Bertz CT molecular complexity index is 502. The molecule has 2 nitrogen and oxygen atoms in total. The highest BCUT2D eigenvalue weighted by Gasteiger charge is 2.18. The summed E-state index contributed by atoms with van der Waals surface area (Å²) in [5.74, 6) is 0. The first-order valence-electron chi connectivity index (χ1n) is 5.75. The van der Waals surface area contributed by atoms with Crippen LogP contribution in [0.1, 0.15) is 17.7 Å². The molecule has 1 heterocycles. The molecule has 2 atom stereocenters. The molecule has 4 heteroatoms. The Hall–Kier alpha value is -0.840.